The van der Waals surface area contributed by atoms with Crippen molar-refractivity contribution in [3.63, 3.8) is 0 Å². The zero-order chi connectivity index (χ0) is 11.1. The summed E-state index contributed by atoms with van der Waals surface area (Å²) < 4.78 is 0. The van der Waals surface area contributed by atoms with E-state index in [1.807, 2.05) is 0 Å². The van der Waals surface area contributed by atoms with E-state index in [-0.39, 0.29) is 0 Å². The molecule has 1 nitrogen and oxygen atoms in total. The predicted octanol–water partition coefficient (Wildman–Crippen LogP) is 3.89. The highest BCUT2D eigenvalue weighted by molar-refractivity contribution is 5.14. The minimum absolute atomic E-state index is 0.750. The molecule has 0 unspecified atom stereocenters. The highest BCUT2D eigenvalue weighted by Gasteiger charge is 2.10. The molecule has 2 rings (SSSR count). The van der Waals surface area contributed by atoms with Crippen molar-refractivity contribution < 1.29 is 0 Å². The number of rotatable bonds is 3. The van der Waals surface area contributed by atoms with Gasteiger partial charge in [0.2, 0.25) is 0 Å². The van der Waals surface area contributed by atoms with Crippen LogP contribution in [0.4, 0.5) is 0 Å². The summed E-state index contributed by atoms with van der Waals surface area (Å²) in [5.41, 5.74) is 1.41. The van der Waals surface area contributed by atoms with Gasteiger partial charge in [-0.15, -0.1) is 0 Å². The SMILES string of the molecule is c1ccc(CNC2CCCCCCC2)cc1. The molecule has 0 heterocycles. The molecule has 0 bridgehead atoms. The van der Waals surface area contributed by atoms with E-state index in [1.54, 1.807) is 0 Å². The van der Waals surface area contributed by atoms with Crippen LogP contribution < -0.4 is 5.32 Å². The van der Waals surface area contributed by atoms with Crippen molar-refractivity contribution in [3.8, 4) is 0 Å². The standard InChI is InChI=1S/C15H23N/c1-2-7-11-15(12-8-3-1)16-13-14-9-5-4-6-10-14/h4-6,9-10,15-16H,1-3,7-8,11-13H2. The highest BCUT2D eigenvalue weighted by Crippen LogP contribution is 2.17. The van der Waals surface area contributed by atoms with Crippen LogP contribution in [0.1, 0.15) is 50.5 Å². The van der Waals surface area contributed by atoms with Crippen molar-refractivity contribution >= 4 is 0 Å². The van der Waals surface area contributed by atoms with Gasteiger partial charge in [0.05, 0.1) is 0 Å². The Morgan fingerprint density at radius 1 is 0.875 bits per heavy atom. The molecule has 0 spiro atoms. The first-order valence-electron chi connectivity index (χ1n) is 6.72. The maximum absolute atomic E-state index is 3.71. The molecule has 88 valence electrons. The maximum Gasteiger partial charge on any atom is 0.0208 e. The van der Waals surface area contributed by atoms with Crippen molar-refractivity contribution in [1.82, 2.24) is 5.32 Å². The van der Waals surface area contributed by atoms with E-state index in [0.717, 1.165) is 12.6 Å². The van der Waals surface area contributed by atoms with Gasteiger partial charge in [0, 0.05) is 12.6 Å². The zero-order valence-electron chi connectivity index (χ0n) is 10.1. The molecule has 1 saturated carbocycles. The monoisotopic (exact) mass is 217 g/mol. The average Bonchev–Trinajstić information content (AvgIpc) is 2.29. The van der Waals surface area contributed by atoms with Gasteiger partial charge in [-0.3, -0.25) is 0 Å². The molecule has 1 aliphatic rings. The Labute approximate surface area is 99.3 Å². The van der Waals surface area contributed by atoms with E-state index in [4.69, 9.17) is 0 Å². The summed E-state index contributed by atoms with van der Waals surface area (Å²) in [6, 6.07) is 11.5. The summed E-state index contributed by atoms with van der Waals surface area (Å²) in [5.74, 6) is 0. The van der Waals surface area contributed by atoms with Crippen molar-refractivity contribution in [1.29, 1.82) is 0 Å². The predicted molar refractivity (Wildman–Crippen MR) is 69.4 cm³/mol. The van der Waals surface area contributed by atoms with Crippen LogP contribution in [0, 0.1) is 0 Å². The van der Waals surface area contributed by atoms with E-state index >= 15 is 0 Å². The van der Waals surface area contributed by atoms with Crippen LogP contribution in [0.15, 0.2) is 30.3 Å². The second-order valence-corrected chi connectivity index (χ2v) is 4.91. The van der Waals surface area contributed by atoms with Gasteiger partial charge in [-0.2, -0.15) is 0 Å². The van der Waals surface area contributed by atoms with E-state index < -0.39 is 0 Å². The molecule has 1 aromatic carbocycles. The molecule has 1 heteroatoms. The van der Waals surface area contributed by atoms with Gasteiger partial charge in [-0.05, 0) is 18.4 Å². The van der Waals surface area contributed by atoms with Gasteiger partial charge in [-0.25, -0.2) is 0 Å². The van der Waals surface area contributed by atoms with E-state index in [2.05, 4.69) is 35.6 Å². The summed E-state index contributed by atoms with van der Waals surface area (Å²) in [7, 11) is 0. The van der Waals surface area contributed by atoms with Crippen LogP contribution in [0.3, 0.4) is 0 Å². The molecular weight excluding hydrogens is 194 g/mol. The third-order valence-corrected chi connectivity index (χ3v) is 3.54. The minimum atomic E-state index is 0.750. The van der Waals surface area contributed by atoms with Gasteiger partial charge < -0.3 is 5.32 Å². The summed E-state index contributed by atoms with van der Waals surface area (Å²) >= 11 is 0. The van der Waals surface area contributed by atoms with Crippen LogP contribution >= 0.6 is 0 Å². The minimum Gasteiger partial charge on any atom is -0.310 e. The van der Waals surface area contributed by atoms with Crippen molar-refractivity contribution in [3.05, 3.63) is 35.9 Å². The zero-order valence-corrected chi connectivity index (χ0v) is 10.1. The molecule has 1 N–H and O–H groups in total. The second-order valence-electron chi connectivity index (χ2n) is 4.91. The fraction of sp³-hybridized carbons (Fsp3) is 0.600. The van der Waals surface area contributed by atoms with Crippen molar-refractivity contribution in [2.24, 2.45) is 0 Å². The van der Waals surface area contributed by atoms with Gasteiger partial charge >= 0.3 is 0 Å². The summed E-state index contributed by atoms with van der Waals surface area (Å²) in [6.45, 7) is 1.03. The Morgan fingerprint density at radius 3 is 2.19 bits per heavy atom. The number of hydrogen-bond acceptors (Lipinski definition) is 1. The largest absolute Gasteiger partial charge is 0.310 e. The Bertz CT molecular complexity index is 273. The maximum atomic E-state index is 3.71. The number of benzene rings is 1. The summed E-state index contributed by atoms with van der Waals surface area (Å²) in [6.07, 6.45) is 9.87. The molecule has 0 saturated heterocycles. The summed E-state index contributed by atoms with van der Waals surface area (Å²) in [5, 5.41) is 3.71. The highest BCUT2D eigenvalue weighted by atomic mass is 14.9. The Hall–Kier alpha value is -0.820. The molecule has 1 aromatic rings. The second kappa shape index (κ2) is 6.70. The normalized spacial score (nSPS) is 19.0. The molecule has 0 aromatic heterocycles. The lowest BCUT2D eigenvalue weighted by Crippen LogP contribution is -2.29. The average molecular weight is 217 g/mol. The quantitative estimate of drug-likeness (QED) is 0.810. The van der Waals surface area contributed by atoms with E-state index in [0.29, 0.717) is 0 Å². The van der Waals surface area contributed by atoms with Crippen LogP contribution in [0.2, 0.25) is 0 Å². The smallest absolute Gasteiger partial charge is 0.0208 e. The van der Waals surface area contributed by atoms with Gasteiger partial charge in [0.15, 0.2) is 0 Å². The molecule has 1 aliphatic carbocycles. The van der Waals surface area contributed by atoms with Crippen LogP contribution in [0.5, 0.6) is 0 Å². The van der Waals surface area contributed by atoms with Crippen LogP contribution in [0.25, 0.3) is 0 Å². The third-order valence-electron chi connectivity index (χ3n) is 3.54. The molecule has 0 aliphatic heterocycles. The molecule has 0 radical (unpaired) electrons. The van der Waals surface area contributed by atoms with E-state index in [9.17, 15) is 0 Å². The first kappa shape index (κ1) is 11.7. The molecule has 0 atom stereocenters. The van der Waals surface area contributed by atoms with Crippen LogP contribution in [-0.2, 0) is 6.54 Å². The molecule has 0 amide bonds. The lowest BCUT2D eigenvalue weighted by Gasteiger charge is -2.21. The topological polar surface area (TPSA) is 12.0 Å². The van der Waals surface area contributed by atoms with Crippen LogP contribution in [-0.4, -0.2) is 6.04 Å². The van der Waals surface area contributed by atoms with Gasteiger partial charge in [0.25, 0.3) is 0 Å². The molecule has 16 heavy (non-hydrogen) atoms. The fourth-order valence-electron chi connectivity index (χ4n) is 2.52. The number of hydrogen-bond donors (Lipinski definition) is 1. The Kier molecular flexibility index (Phi) is 4.88. The van der Waals surface area contributed by atoms with Crippen molar-refractivity contribution in [2.75, 3.05) is 0 Å². The Morgan fingerprint density at radius 2 is 1.50 bits per heavy atom. The lowest BCUT2D eigenvalue weighted by atomic mass is 9.96. The van der Waals surface area contributed by atoms with Gasteiger partial charge in [0.1, 0.15) is 0 Å². The van der Waals surface area contributed by atoms with E-state index in [1.165, 1.54) is 50.5 Å². The molecular formula is C15H23N. The molecule has 1 fully saturated rings. The van der Waals surface area contributed by atoms with Gasteiger partial charge in [-0.1, -0.05) is 62.4 Å². The first-order valence-corrected chi connectivity index (χ1v) is 6.72. The van der Waals surface area contributed by atoms with Crippen molar-refractivity contribution in [2.45, 2.75) is 57.5 Å². The third kappa shape index (κ3) is 3.97. The summed E-state index contributed by atoms with van der Waals surface area (Å²) in [4.78, 5) is 0. The Balaban J connectivity index is 1.75. The first-order chi connectivity index (χ1) is 7.95. The lowest BCUT2D eigenvalue weighted by molar-refractivity contribution is 0.389. The number of nitrogens with one attached hydrogen (secondary N) is 1. The fourth-order valence-corrected chi connectivity index (χ4v) is 2.52.